The van der Waals surface area contributed by atoms with Crippen LogP contribution in [0.4, 0.5) is 22.0 Å². The van der Waals surface area contributed by atoms with Crippen molar-refractivity contribution in [1.29, 1.82) is 0 Å². The summed E-state index contributed by atoms with van der Waals surface area (Å²) in [6, 6.07) is -12.5. The Balaban J connectivity index is 1.17. The van der Waals surface area contributed by atoms with Gasteiger partial charge >= 0.3 is 6.18 Å². The predicted octanol–water partition coefficient (Wildman–Crippen LogP) is 4.14. The molecule has 0 radical (unpaired) electrons. The van der Waals surface area contributed by atoms with Crippen molar-refractivity contribution in [3.63, 3.8) is 0 Å². The van der Waals surface area contributed by atoms with E-state index in [4.69, 9.17) is 9.47 Å². The van der Waals surface area contributed by atoms with E-state index in [1.54, 1.807) is 11.8 Å². The second-order valence-corrected chi connectivity index (χ2v) is 31.1. The summed E-state index contributed by atoms with van der Waals surface area (Å²) in [5, 5.41) is 8.60. The molecular formula is C72H113F5N12O14. The molecule has 4 unspecified atom stereocenters. The van der Waals surface area contributed by atoms with Gasteiger partial charge in [-0.15, -0.1) is 0 Å². The van der Waals surface area contributed by atoms with Gasteiger partial charge in [0.25, 0.3) is 0 Å². The maximum atomic E-state index is 15.9. The Labute approximate surface area is 602 Å². The smallest absolute Gasteiger partial charge is 0.379 e. The Hall–Kier alpha value is -6.79. The lowest BCUT2D eigenvalue weighted by molar-refractivity contribution is -0.219. The number of ether oxygens (including phenoxy) is 2. The normalized spacial score (nSPS) is 32.9. The monoisotopic (exact) mass is 1460 g/mol. The number of hydrogen-bond donors (Lipinski definition) is 3. The highest BCUT2D eigenvalue weighted by Crippen LogP contribution is 2.45. The van der Waals surface area contributed by atoms with Gasteiger partial charge in [-0.25, -0.2) is 8.78 Å². The number of carbonyl (C=O) groups excluding carboxylic acids is 12. The van der Waals surface area contributed by atoms with Crippen LogP contribution in [0.2, 0.25) is 0 Å². The number of amides is 12. The van der Waals surface area contributed by atoms with Gasteiger partial charge in [0.1, 0.15) is 78.2 Å². The molecule has 31 heteroatoms. The van der Waals surface area contributed by atoms with Gasteiger partial charge in [0.15, 0.2) is 0 Å². The van der Waals surface area contributed by atoms with Gasteiger partial charge in [-0.05, 0) is 127 Å². The largest absolute Gasteiger partial charge is 0.397 e. The molecule has 2 bridgehead atoms. The van der Waals surface area contributed by atoms with E-state index in [-0.39, 0.29) is 109 Å². The average Bonchev–Trinajstić information content (AvgIpc) is 1.55. The number of halogens is 5. The summed E-state index contributed by atoms with van der Waals surface area (Å²) < 4.78 is 84.0. The number of hydrogen-bond acceptors (Lipinski definition) is 14. The minimum Gasteiger partial charge on any atom is -0.379 e. The van der Waals surface area contributed by atoms with Crippen LogP contribution in [0.5, 0.6) is 0 Å². The fraction of sp³-hybridized carbons (Fsp3) is 0.833. The quantitative estimate of drug-likeness (QED) is 0.173. The predicted molar refractivity (Wildman–Crippen MR) is 367 cm³/mol. The minimum atomic E-state index is -5.16. The number of nitrogens with one attached hydrogen (secondary N) is 3. The number of likely N-dealkylation sites (N-methyl/N-ethyl adjacent to an activating group) is 6. The van der Waals surface area contributed by atoms with Crippen LogP contribution in [0.25, 0.3) is 0 Å². The van der Waals surface area contributed by atoms with E-state index in [0.29, 0.717) is 64.2 Å². The van der Waals surface area contributed by atoms with E-state index in [0.717, 1.165) is 9.80 Å². The fourth-order valence-corrected chi connectivity index (χ4v) is 17.0. The Morgan fingerprint density at radius 3 is 1.84 bits per heavy atom. The molecule has 5 aliphatic heterocycles. The number of alkyl halides is 5. The standard InChI is InChI=1S/C72H113F5N12O14/c1-13-32-102-40-55-65(96)81(7)37-56(90)78-50(26-23-44-34-48(73)58(49(74)35-44)72(75,76)77)64(95)87-30-19-22-51(87)62(93)80-71(28-17-18-29-71)70(101)86(12)60(45-20-15-16-21-45)69(100)84(10)54(67(98)89-46-24-25-47(89)39-103-38-46)36-57(91)83(9)53(33-41(3)4)61(92)79-59(42(5)14-2)68(99)82(8)43(6)63(94)88-31-27-52(88)66(97)85(55)11/h41-55,58-60H,13-40H2,1-12H3,(H,78,90)(H,79,92)(H,80,93)/t42-,43-,44?,46?,47?,48?,49?,50-,51-,52-,53-,54-,55-,58?,59-,60-/m0/s1. The van der Waals surface area contributed by atoms with Crippen LogP contribution in [0, 0.1) is 29.6 Å². The molecule has 8 aliphatic rings. The number of rotatable bonds is 13. The Kier molecular flexibility index (Phi) is 27.9. The summed E-state index contributed by atoms with van der Waals surface area (Å²) in [6.07, 6.45) is -6.64. The summed E-state index contributed by atoms with van der Waals surface area (Å²) in [5.74, 6) is -13.5. The molecule has 3 N–H and O–H groups in total. The summed E-state index contributed by atoms with van der Waals surface area (Å²) in [4.78, 5) is 192. The molecule has 1 spiro atoms. The molecule has 5 saturated heterocycles. The van der Waals surface area contributed by atoms with E-state index in [2.05, 4.69) is 16.0 Å². The Bertz CT molecular complexity index is 3060. The third-order valence-electron chi connectivity index (χ3n) is 23.6. The zero-order valence-electron chi connectivity index (χ0n) is 62.3. The molecule has 8 fully saturated rings. The van der Waals surface area contributed by atoms with Crippen LogP contribution in [0.3, 0.4) is 0 Å². The van der Waals surface area contributed by atoms with Crippen molar-refractivity contribution in [3.05, 3.63) is 0 Å². The van der Waals surface area contributed by atoms with Crippen molar-refractivity contribution in [2.24, 2.45) is 29.6 Å². The zero-order chi connectivity index (χ0) is 75.9. The molecule has 0 aromatic heterocycles. The van der Waals surface area contributed by atoms with E-state index in [1.807, 2.05) is 27.7 Å². The van der Waals surface area contributed by atoms with Crippen molar-refractivity contribution in [1.82, 2.24) is 60.0 Å². The van der Waals surface area contributed by atoms with Gasteiger partial charge in [0.05, 0.1) is 44.9 Å². The number of morpholine rings is 1. The lowest BCUT2D eigenvalue weighted by Crippen LogP contribution is -2.65. The summed E-state index contributed by atoms with van der Waals surface area (Å²) >= 11 is 0. The van der Waals surface area contributed by atoms with Gasteiger partial charge in [-0.3, -0.25) is 57.5 Å². The first-order chi connectivity index (χ1) is 48.6. The second-order valence-electron chi connectivity index (χ2n) is 31.1. The van der Waals surface area contributed by atoms with Crippen molar-refractivity contribution < 1.29 is 89.0 Å². The molecular weight excluding hydrogens is 1350 g/mol. The van der Waals surface area contributed by atoms with Crippen molar-refractivity contribution in [2.45, 2.75) is 267 Å². The third-order valence-corrected chi connectivity index (χ3v) is 23.6. The molecule has 0 aromatic rings. The molecule has 5 heterocycles. The molecule has 580 valence electrons. The Morgan fingerprint density at radius 1 is 0.650 bits per heavy atom. The molecule has 8 rings (SSSR count). The van der Waals surface area contributed by atoms with Crippen LogP contribution in [0.15, 0.2) is 0 Å². The minimum absolute atomic E-state index is 0.0467. The topological polar surface area (TPSA) is 289 Å². The molecule has 12 amide bonds. The number of nitrogens with zero attached hydrogens (tertiary/aromatic N) is 9. The lowest BCUT2D eigenvalue weighted by Gasteiger charge is -2.45. The van der Waals surface area contributed by atoms with Crippen LogP contribution in [-0.2, 0) is 67.0 Å². The van der Waals surface area contributed by atoms with Crippen LogP contribution in [0.1, 0.15) is 176 Å². The lowest BCUT2D eigenvalue weighted by atomic mass is 9.76. The first kappa shape index (κ1) is 81.9. The fourth-order valence-electron chi connectivity index (χ4n) is 17.0. The van der Waals surface area contributed by atoms with Crippen LogP contribution < -0.4 is 16.0 Å². The number of fused-ring (bicyclic) bond motifs is 4. The van der Waals surface area contributed by atoms with E-state index >= 15 is 42.3 Å². The van der Waals surface area contributed by atoms with Gasteiger partial charge in [0.2, 0.25) is 70.9 Å². The van der Waals surface area contributed by atoms with E-state index < -0.39 is 199 Å². The first-order valence-electron chi connectivity index (χ1n) is 37.5. The highest BCUT2D eigenvalue weighted by atomic mass is 19.4. The molecule has 26 nitrogen and oxygen atoms in total. The SMILES string of the molecule is CCCOC[C@H]1C(=O)N(C)CC(=O)N[C@@H](CCC2CC(F)C(C(F)(F)F)C(F)C2)C(=O)N2CCC[C@H]2C(=O)NC2(CCCC2)C(=O)N(C)[C@@H](C2CCCC2)C(=O)N(C)[C@H](C(=O)N2C3CCC2COC3)CC(=O)N(C)[C@@H](CC(C)C)C(=O)N[C@@H]([C@@H](C)CC)C(=O)N(C)[C@@H](C)C(=O)N2CC[C@H]2C(=O)N1C. The zero-order valence-corrected chi connectivity index (χ0v) is 62.3. The van der Waals surface area contributed by atoms with Gasteiger partial charge in [-0.2, -0.15) is 13.2 Å². The number of carbonyl (C=O) groups is 12. The van der Waals surface area contributed by atoms with Gasteiger partial charge < -0.3 is 69.5 Å². The van der Waals surface area contributed by atoms with Crippen LogP contribution >= 0.6 is 0 Å². The van der Waals surface area contributed by atoms with Gasteiger partial charge in [-0.1, -0.05) is 66.7 Å². The molecule has 14 atom stereocenters. The van der Waals surface area contributed by atoms with Crippen molar-refractivity contribution in [3.8, 4) is 0 Å². The second kappa shape index (κ2) is 35.1. The summed E-state index contributed by atoms with van der Waals surface area (Å²) in [5.41, 5.74) is -1.63. The summed E-state index contributed by atoms with van der Waals surface area (Å²) in [7, 11) is 8.34. The van der Waals surface area contributed by atoms with Crippen molar-refractivity contribution in [2.75, 3.05) is 88.3 Å². The first-order valence-corrected chi connectivity index (χ1v) is 37.5. The summed E-state index contributed by atoms with van der Waals surface area (Å²) in [6.45, 7) is 10.1. The van der Waals surface area contributed by atoms with E-state index in [1.165, 1.54) is 78.6 Å². The Morgan fingerprint density at radius 2 is 1.27 bits per heavy atom. The average molecular weight is 1470 g/mol. The highest BCUT2D eigenvalue weighted by Gasteiger charge is 2.56. The molecule has 0 aromatic carbocycles. The maximum absolute atomic E-state index is 15.9. The maximum Gasteiger partial charge on any atom is 0.397 e. The molecule has 3 saturated carbocycles. The van der Waals surface area contributed by atoms with E-state index in [9.17, 15) is 37.1 Å². The van der Waals surface area contributed by atoms with Crippen molar-refractivity contribution >= 4 is 70.9 Å². The van der Waals surface area contributed by atoms with Gasteiger partial charge in [0, 0.05) is 62.0 Å². The van der Waals surface area contributed by atoms with Crippen LogP contribution in [-0.4, -0.2) is 294 Å². The molecule has 103 heavy (non-hydrogen) atoms. The third kappa shape index (κ3) is 18.4. The molecule has 3 aliphatic carbocycles. The highest BCUT2D eigenvalue weighted by molar-refractivity contribution is 6.01.